The first kappa shape index (κ1) is 16.5. The van der Waals surface area contributed by atoms with Crippen molar-refractivity contribution in [2.45, 2.75) is 13.5 Å². The van der Waals surface area contributed by atoms with Gasteiger partial charge in [0.15, 0.2) is 0 Å². The number of nitrogens with one attached hydrogen (secondary N) is 2. The molecule has 2 aromatic rings. The zero-order chi connectivity index (χ0) is 16.7. The number of amides is 2. The van der Waals surface area contributed by atoms with E-state index < -0.39 is 5.91 Å². The lowest BCUT2D eigenvalue weighted by atomic mass is 10.1. The third kappa shape index (κ3) is 4.31. The number of rotatable bonds is 6. The lowest BCUT2D eigenvalue weighted by Crippen LogP contribution is -2.23. The third-order valence-electron chi connectivity index (χ3n) is 3.22. The molecule has 0 heterocycles. The van der Waals surface area contributed by atoms with Crippen LogP contribution in [0.4, 0.5) is 0 Å². The molecule has 2 rings (SSSR count). The minimum Gasteiger partial charge on any atom is -0.494 e. The highest BCUT2D eigenvalue weighted by Gasteiger charge is 2.09. The maximum Gasteiger partial charge on any atom is 0.274 e. The maximum absolute atomic E-state index is 12.1. The normalized spacial score (nSPS) is 10.0. The smallest absolute Gasteiger partial charge is 0.274 e. The second-order valence-electron chi connectivity index (χ2n) is 4.74. The summed E-state index contributed by atoms with van der Waals surface area (Å²) in [5.41, 5.74) is 3.12. The lowest BCUT2D eigenvalue weighted by Gasteiger charge is -2.11. The van der Waals surface area contributed by atoms with Gasteiger partial charge in [-0.2, -0.15) is 0 Å². The summed E-state index contributed by atoms with van der Waals surface area (Å²) < 4.78 is 5.51. The van der Waals surface area contributed by atoms with Crippen molar-refractivity contribution < 1.29 is 19.5 Å². The van der Waals surface area contributed by atoms with Crippen molar-refractivity contribution >= 4 is 11.8 Å². The molecule has 0 aromatic heterocycles. The Balaban J connectivity index is 2.01. The van der Waals surface area contributed by atoms with Crippen molar-refractivity contribution in [3.05, 3.63) is 65.2 Å². The number of hydroxylamine groups is 1. The SMILES string of the molecule is CCOc1ccccc1CNC(=O)c1ccc(C(=O)NO)cc1. The topological polar surface area (TPSA) is 87.7 Å². The molecule has 0 atom stereocenters. The second-order valence-corrected chi connectivity index (χ2v) is 4.74. The van der Waals surface area contributed by atoms with Gasteiger partial charge in [-0.1, -0.05) is 18.2 Å². The minimum atomic E-state index is -0.623. The van der Waals surface area contributed by atoms with Gasteiger partial charge in [-0.25, -0.2) is 5.48 Å². The molecule has 2 aromatic carbocycles. The summed E-state index contributed by atoms with van der Waals surface area (Å²) in [7, 11) is 0. The number of benzene rings is 2. The van der Waals surface area contributed by atoms with Crippen LogP contribution in [0.5, 0.6) is 5.75 Å². The molecule has 0 bridgehead atoms. The fourth-order valence-corrected chi connectivity index (χ4v) is 2.06. The molecule has 6 nitrogen and oxygen atoms in total. The molecular weight excluding hydrogens is 296 g/mol. The molecule has 0 saturated heterocycles. The van der Waals surface area contributed by atoms with Crippen LogP contribution in [0.2, 0.25) is 0 Å². The van der Waals surface area contributed by atoms with Crippen LogP contribution in [0.15, 0.2) is 48.5 Å². The molecule has 0 spiro atoms. The predicted molar refractivity (Wildman–Crippen MR) is 84.5 cm³/mol. The molecule has 6 heteroatoms. The summed E-state index contributed by atoms with van der Waals surface area (Å²) in [5, 5.41) is 11.4. The van der Waals surface area contributed by atoms with Crippen molar-refractivity contribution in [2.24, 2.45) is 0 Å². The van der Waals surface area contributed by atoms with Gasteiger partial charge < -0.3 is 10.1 Å². The first-order valence-electron chi connectivity index (χ1n) is 7.19. The van der Waals surface area contributed by atoms with Gasteiger partial charge >= 0.3 is 0 Å². The van der Waals surface area contributed by atoms with Crippen LogP contribution in [-0.4, -0.2) is 23.6 Å². The van der Waals surface area contributed by atoms with Crippen LogP contribution in [0.25, 0.3) is 0 Å². The maximum atomic E-state index is 12.1. The molecule has 23 heavy (non-hydrogen) atoms. The minimum absolute atomic E-state index is 0.257. The van der Waals surface area contributed by atoms with E-state index in [1.807, 2.05) is 31.2 Å². The molecule has 0 aliphatic carbocycles. The molecule has 0 unspecified atom stereocenters. The largest absolute Gasteiger partial charge is 0.494 e. The molecular formula is C17H18N2O4. The van der Waals surface area contributed by atoms with E-state index in [2.05, 4.69) is 5.32 Å². The van der Waals surface area contributed by atoms with Crippen molar-refractivity contribution in [3.8, 4) is 5.75 Å². The highest BCUT2D eigenvalue weighted by Crippen LogP contribution is 2.17. The Hall–Kier alpha value is -2.86. The van der Waals surface area contributed by atoms with Crippen LogP contribution in [0, 0.1) is 0 Å². The van der Waals surface area contributed by atoms with E-state index in [1.54, 1.807) is 5.48 Å². The first-order chi connectivity index (χ1) is 11.2. The summed E-state index contributed by atoms with van der Waals surface area (Å²) in [5.74, 6) is -0.139. The molecule has 3 N–H and O–H groups in total. The zero-order valence-electron chi connectivity index (χ0n) is 12.7. The third-order valence-corrected chi connectivity index (χ3v) is 3.22. The van der Waals surface area contributed by atoms with E-state index in [0.29, 0.717) is 18.7 Å². The number of hydrogen-bond donors (Lipinski definition) is 3. The molecule has 0 aliphatic heterocycles. The summed E-state index contributed by atoms with van der Waals surface area (Å²) in [6, 6.07) is 13.5. The Bertz CT molecular complexity index is 683. The zero-order valence-corrected chi connectivity index (χ0v) is 12.7. The van der Waals surface area contributed by atoms with E-state index in [9.17, 15) is 9.59 Å². The Labute approximate surface area is 134 Å². The van der Waals surface area contributed by atoms with Crippen molar-refractivity contribution in [1.82, 2.24) is 10.8 Å². The number of hydrogen-bond acceptors (Lipinski definition) is 4. The van der Waals surface area contributed by atoms with Crippen molar-refractivity contribution in [2.75, 3.05) is 6.61 Å². The van der Waals surface area contributed by atoms with Crippen LogP contribution in [0.1, 0.15) is 33.2 Å². The van der Waals surface area contributed by atoms with E-state index in [0.717, 1.165) is 11.3 Å². The monoisotopic (exact) mass is 314 g/mol. The van der Waals surface area contributed by atoms with Gasteiger partial charge in [-0.15, -0.1) is 0 Å². The van der Waals surface area contributed by atoms with Gasteiger partial charge in [0.25, 0.3) is 11.8 Å². The van der Waals surface area contributed by atoms with Crippen LogP contribution >= 0.6 is 0 Å². The van der Waals surface area contributed by atoms with Crippen LogP contribution in [-0.2, 0) is 6.54 Å². The first-order valence-corrected chi connectivity index (χ1v) is 7.19. The highest BCUT2D eigenvalue weighted by atomic mass is 16.5. The molecule has 2 amide bonds. The van der Waals surface area contributed by atoms with Crippen LogP contribution in [0.3, 0.4) is 0 Å². The van der Waals surface area contributed by atoms with Gasteiger partial charge in [0.1, 0.15) is 5.75 Å². The Kier molecular flexibility index (Phi) is 5.71. The molecule has 120 valence electrons. The van der Waals surface area contributed by atoms with Crippen LogP contribution < -0.4 is 15.5 Å². The van der Waals surface area contributed by atoms with Gasteiger partial charge in [0.05, 0.1) is 6.61 Å². The molecule has 0 aliphatic rings. The summed E-state index contributed by atoms with van der Waals surface area (Å²) >= 11 is 0. The number of carbonyl (C=O) groups excluding carboxylic acids is 2. The quantitative estimate of drug-likeness (QED) is 0.563. The number of carbonyl (C=O) groups is 2. The van der Waals surface area contributed by atoms with E-state index in [-0.39, 0.29) is 11.5 Å². The number of para-hydroxylation sites is 1. The molecule has 0 fully saturated rings. The summed E-state index contributed by atoms with van der Waals surface area (Å²) in [6.07, 6.45) is 0. The van der Waals surface area contributed by atoms with Gasteiger partial charge in [0.2, 0.25) is 0 Å². The highest BCUT2D eigenvalue weighted by molar-refractivity contribution is 5.97. The van der Waals surface area contributed by atoms with E-state index >= 15 is 0 Å². The fraction of sp³-hybridized carbons (Fsp3) is 0.176. The standard InChI is InChI=1S/C17H18N2O4/c1-2-23-15-6-4-3-5-14(15)11-18-16(20)12-7-9-13(10-8-12)17(21)19-22/h3-10,22H,2,11H2,1H3,(H,18,20)(H,19,21). The van der Waals surface area contributed by atoms with Gasteiger partial charge in [0, 0.05) is 23.2 Å². The van der Waals surface area contributed by atoms with Crippen molar-refractivity contribution in [3.63, 3.8) is 0 Å². The Morgan fingerprint density at radius 3 is 2.22 bits per heavy atom. The lowest BCUT2D eigenvalue weighted by molar-refractivity contribution is 0.0706. The predicted octanol–water partition coefficient (Wildman–Crippen LogP) is 2.13. The summed E-state index contributed by atoms with van der Waals surface area (Å²) in [6.45, 7) is 2.80. The van der Waals surface area contributed by atoms with E-state index in [1.165, 1.54) is 24.3 Å². The van der Waals surface area contributed by atoms with E-state index in [4.69, 9.17) is 9.94 Å². The summed E-state index contributed by atoms with van der Waals surface area (Å²) in [4.78, 5) is 23.4. The Morgan fingerprint density at radius 2 is 1.61 bits per heavy atom. The fourth-order valence-electron chi connectivity index (χ4n) is 2.06. The molecule has 0 radical (unpaired) electrons. The van der Waals surface area contributed by atoms with Crippen molar-refractivity contribution in [1.29, 1.82) is 0 Å². The average Bonchev–Trinajstić information content (AvgIpc) is 2.60. The molecule has 0 saturated carbocycles. The second kappa shape index (κ2) is 7.95. The number of ether oxygens (including phenoxy) is 1. The van der Waals surface area contributed by atoms with Gasteiger partial charge in [-0.05, 0) is 37.3 Å². The van der Waals surface area contributed by atoms with Gasteiger partial charge in [-0.3, -0.25) is 14.8 Å². The Morgan fingerprint density at radius 1 is 1.00 bits per heavy atom. The average molecular weight is 314 g/mol.